The number of nitrogens with one attached hydrogen (secondary N) is 1. The summed E-state index contributed by atoms with van der Waals surface area (Å²) in [5.41, 5.74) is 5.47. The topological polar surface area (TPSA) is 40.1 Å². The van der Waals surface area contributed by atoms with Crippen LogP contribution in [0.25, 0.3) is 0 Å². The third-order valence-electron chi connectivity index (χ3n) is 5.42. The first kappa shape index (κ1) is 20.9. The number of anilines is 1. The van der Waals surface area contributed by atoms with Crippen LogP contribution in [0.15, 0.2) is 53.5 Å². The van der Waals surface area contributed by atoms with Crippen molar-refractivity contribution >= 4 is 35.6 Å². The Bertz CT molecular complexity index is 805. The molecule has 1 fully saturated rings. The molecule has 4 rings (SSSR count). The second kappa shape index (κ2) is 10.1. The minimum Gasteiger partial charge on any atom is -0.378 e. The fraction of sp³-hybridized carbons (Fsp3) is 0.409. The molecule has 0 radical (unpaired) electrons. The highest BCUT2D eigenvalue weighted by atomic mass is 127. The predicted molar refractivity (Wildman–Crippen MR) is 126 cm³/mol. The molecule has 1 N–H and O–H groups in total. The standard InChI is InChI=1S/C22H28N4O.HI/c1-23-22(26-11-10-18-6-2-3-8-20(18)17-26)24-16-19-7-4-5-9-21(19)25-12-14-27-15-13-25;/h2-9H,10-17H2,1H3,(H,23,24);1H. The molecule has 5 nitrogen and oxygen atoms in total. The Labute approximate surface area is 184 Å². The molecule has 0 amide bonds. The SMILES string of the molecule is CN=C(NCc1ccccc1N1CCOCC1)N1CCc2ccccc2C1.I. The minimum atomic E-state index is 0. The molecule has 2 heterocycles. The largest absolute Gasteiger partial charge is 0.378 e. The summed E-state index contributed by atoms with van der Waals surface area (Å²) in [4.78, 5) is 9.30. The summed E-state index contributed by atoms with van der Waals surface area (Å²) in [7, 11) is 1.87. The van der Waals surface area contributed by atoms with Crippen LogP contribution in [0, 0.1) is 0 Å². The van der Waals surface area contributed by atoms with Crippen molar-refractivity contribution in [2.45, 2.75) is 19.5 Å². The maximum atomic E-state index is 5.50. The van der Waals surface area contributed by atoms with Crippen LogP contribution in [0.5, 0.6) is 0 Å². The van der Waals surface area contributed by atoms with Crippen LogP contribution in [-0.4, -0.2) is 50.8 Å². The van der Waals surface area contributed by atoms with Gasteiger partial charge in [-0.15, -0.1) is 24.0 Å². The van der Waals surface area contributed by atoms with Crippen molar-refractivity contribution in [1.29, 1.82) is 0 Å². The van der Waals surface area contributed by atoms with Gasteiger partial charge in [0.2, 0.25) is 0 Å². The Morgan fingerprint density at radius 1 is 1.00 bits per heavy atom. The van der Waals surface area contributed by atoms with Crippen LogP contribution in [0.2, 0.25) is 0 Å². The Balaban J connectivity index is 0.00000225. The first-order valence-corrected chi connectivity index (χ1v) is 9.78. The number of rotatable bonds is 3. The maximum Gasteiger partial charge on any atom is 0.194 e. The van der Waals surface area contributed by atoms with Crippen molar-refractivity contribution < 1.29 is 4.74 Å². The summed E-state index contributed by atoms with van der Waals surface area (Å²) in [6.07, 6.45) is 1.07. The number of fused-ring (bicyclic) bond motifs is 1. The number of nitrogens with zero attached hydrogens (tertiary/aromatic N) is 3. The zero-order valence-corrected chi connectivity index (χ0v) is 18.8. The van der Waals surface area contributed by atoms with Gasteiger partial charge in [-0.25, -0.2) is 0 Å². The quantitative estimate of drug-likeness (QED) is 0.406. The lowest BCUT2D eigenvalue weighted by molar-refractivity contribution is 0.122. The van der Waals surface area contributed by atoms with E-state index in [1.807, 2.05) is 7.05 Å². The molecular weight excluding hydrogens is 463 g/mol. The molecule has 0 unspecified atom stereocenters. The van der Waals surface area contributed by atoms with Crippen molar-refractivity contribution in [1.82, 2.24) is 10.2 Å². The van der Waals surface area contributed by atoms with Gasteiger partial charge in [0, 0.05) is 45.5 Å². The van der Waals surface area contributed by atoms with Gasteiger partial charge < -0.3 is 19.9 Å². The average Bonchev–Trinajstić information content (AvgIpc) is 2.75. The van der Waals surface area contributed by atoms with E-state index in [4.69, 9.17) is 4.74 Å². The molecule has 0 aromatic heterocycles. The third kappa shape index (κ3) is 4.78. The Hall–Kier alpha value is -1.80. The highest BCUT2D eigenvalue weighted by molar-refractivity contribution is 14.0. The first-order valence-electron chi connectivity index (χ1n) is 9.78. The van der Waals surface area contributed by atoms with Crippen molar-refractivity contribution in [2.24, 2.45) is 4.99 Å². The highest BCUT2D eigenvalue weighted by Gasteiger charge is 2.19. The summed E-state index contributed by atoms with van der Waals surface area (Å²) < 4.78 is 5.50. The molecule has 150 valence electrons. The lowest BCUT2D eigenvalue weighted by Crippen LogP contribution is -2.44. The van der Waals surface area contributed by atoms with Crippen LogP contribution >= 0.6 is 24.0 Å². The lowest BCUT2D eigenvalue weighted by Gasteiger charge is -2.33. The highest BCUT2D eigenvalue weighted by Crippen LogP contribution is 2.22. The van der Waals surface area contributed by atoms with Gasteiger partial charge in [0.05, 0.1) is 13.2 Å². The van der Waals surface area contributed by atoms with E-state index in [2.05, 4.69) is 68.6 Å². The van der Waals surface area contributed by atoms with E-state index >= 15 is 0 Å². The summed E-state index contributed by atoms with van der Waals surface area (Å²) in [6.45, 7) is 6.21. The van der Waals surface area contributed by atoms with E-state index in [1.54, 1.807) is 0 Å². The smallest absolute Gasteiger partial charge is 0.194 e. The molecule has 2 aromatic rings. The number of aliphatic imine (C=N–C) groups is 1. The van der Waals surface area contributed by atoms with Crippen LogP contribution in [0.4, 0.5) is 5.69 Å². The van der Waals surface area contributed by atoms with Crippen molar-refractivity contribution in [3.05, 3.63) is 65.2 Å². The summed E-state index contributed by atoms with van der Waals surface area (Å²) in [5, 5.41) is 3.58. The minimum absolute atomic E-state index is 0. The van der Waals surface area contributed by atoms with Crippen LogP contribution in [0.3, 0.4) is 0 Å². The Kier molecular flexibility index (Phi) is 7.56. The molecule has 0 bridgehead atoms. The van der Waals surface area contributed by atoms with Crippen LogP contribution < -0.4 is 10.2 Å². The molecule has 1 saturated heterocycles. The molecule has 2 aliphatic rings. The van der Waals surface area contributed by atoms with E-state index in [-0.39, 0.29) is 24.0 Å². The number of hydrogen-bond acceptors (Lipinski definition) is 3. The van der Waals surface area contributed by atoms with Crippen LogP contribution in [-0.2, 0) is 24.2 Å². The van der Waals surface area contributed by atoms with Gasteiger partial charge in [0.15, 0.2) is 5.96 Å². The van der Waals surface area contributed by atoms with Gasteiger partial charge in [-0.1, -0.05) is 42.5 Å². The van der Waals surface area contributed by atoms with Gasteiger partial charge in [-0.2, -0.15) is 0 Å². The number of para-hydroxylation sites is 1. The molecule has 2 aliphatic heterocycles. The number of morpholine rings is 1. The van der Waals surface area contributed by atoms with E-state index in [9.17, 15) is 0 Å². The number of benzene rings is 2. The fourth-order valence-corrected chi connectivity index (χ4v) is 3.96. The van der Waals surface area contributed by atoms with Gasteiger partial charge >= 0.3 is 0 Å². The molecule has 0 spiro atoms. The first-order chi connectivity index (χ1) is 13.3. The second-order valence-electron chi connectivity index (χ2n) is 7.07. The maximum absolute atomic E-state index is 5.50. The average molecular weight is 492 g/mol. The zero-order valence-electron chi connectivity index (χ0n) is 16.4. The van der Waals surface area contributed by atoms with Gasteiger partial charge in [-0.3, -0.25) is 4.99 Å². The monoisotopic (exact) mass is 492 g/mol. The molecule has 6 heteroatoms. The lowest BCUT2D eigenvalue weighted by atomic mass is 10.0. The second-order valence-corrected chi connectivity index (χ2v) is 7.07. The van der Waals surface area contributed by atoms with E-state index < -0.39 is 0 Å². The van der Waals surface area contributed by atoms with Gasteiger partial charge in [0.25, 0.3) is 0 Å². The van der Waals surface area contributed by atoms with Crippen molar-refractivity contribution in [2.75, 3.05) is 44.8 Å². The van der Waals surface area contributed by atoms with Gasteiger partial charge in [0.1, 0.15) is 0 Å². The normalized spacial score (nSPS) is 17.0. The van der Waals surface area contributed by atoms with E-state index in [0.717, 1.165) is 58.3 Å². The van der Waals surface area contributed by atoms with Crippen LogP contribution in [0.1, 0.15) is 16.7 Å². The fourth-order valence-electron chi connectivity index (χ4n) is 3.96. The molecule has 0 atom stereocenters. The summed E-state index contributed by atoms with van der Waals surface area (Å²) >= 11 is 0. The number of ether oxygens (including phenoxy) is 1. The number of hydrogen-bond donors (Lipinski definition) is 1. The molecule has 2 aromatic carbocycles. The number of guanidine groups is 1. The Morgan fingerprint density at radius 2 is 1.71 bits per heavy atom. The summed E-state index contributed by atoms with van der Waals surface area (Å²) in [5.74, 6) is 0.973. The Morgan fingerprint density at radius 3 is 2.50 bits per heavy atom. The summed E-state index contributed by atoms with van der Waals surface area (Å²) in [6, 6.07) is 17.4. The third-order valence-corrected chi connectivity index (χ3v) is 5.42. The predicted octanol–water partition coefficient (Wildman–Crippen LogP) is 3.27. The van der Waals surface area contributed by atoms with E-state index in [0.29, 0.717) is 0 Å². The molecule has 0 aliphatic carbocycles. The molecular formula is C22H29IN4O. The zero-order chi connectivity index (χ0) is 18.5. The molecule has 28 heavy (non-hydrogen) atoms. The van der Waals surface area contributed by atoms with Gasteiger partial charge in [-0.05, 0) is 29.2 Å². The number of halogens is 1. The molecule has 0 saturated carbocycles. The van der Waals surface area contributed by atoms with E-state index in [1.165, 1.54) is 22.4 Å². The van der Waals surface area contributed by atoms with Crippen molar-refractivity contribution in [3.8, 4) is 0 Å². The van der Waals surface area contributed by atoms with Crippen molar-refractivity contribution in [3.63, 3.8) is 0 Å².